The van der Waals surface area contributed by atoms with E-state index in [9.17, 15) is 9.90 Å². The minimum Gasteiger partial charge on any atom is -0.508 e. The summed E-state index contributed by atoms with van der Waals surface area (Å²) in [7, 11) is 1.42. The zero-order chi connectivity index (χ0) is 20.3. The van der Waals surface area contributed by atoms with Crippen molar-refractivity contribution in [1.29, 1.82) is 0 Å². The van der Waals surface area contributed by atoms with Crippen LogP contribution in [0.2, 0.25) is 0 Å². The van der Waals surface area contributed by atoms with Gasteiger partial charge in [0.15, 0.2) is 0 Å². The molecule has 0 saturated carbocycles. The van der Waals surface area contributed by atoms with Gasteiger partial charge >= 0.3 is 5.97 Å². The highest BCUT2D eigenvalue weighted by atomic mass is 16.5. The molecule has 29 heavy (non-hydrogen) atoms. The van der Waals surface area contributed by atoms with E-state index in [1.165, 1.54) is 7.11 Å². The van der Waals surface area contributed by atoms with Gasteiger partial charge in [-0.15, -0.1) is 0 Å². The number of carbonyl (C=O) groups excluding carboxylic acids is 1. The van der Waals surface area contributed by atoms with Gasteiger partial charge in [-0.25, -0.2) is 0 Å². The molecule has 0 aromatic heterocycles. The maximum Gasteiger partial charge on any atom is 0.322 e. The Hall–Kier alpha value is -3.11. The Morgan fingerprint density at radius 2 is 1.48 bits per heavy atom. The number of para-hydroxylation sites is 1. The van der Waals surface area contributed by atoms with Crippen LogP contribution in [0.3, 0.4) is 0 Å². The minimum absolute atomic E-state index is 0.0460. The van der Waals surface area contributed by atoms with Crippen molar-refractivity contribution in [1.82, 2.24) is 5.32 Å². The molecule has 2 N–H and O–H groups in total. The first kappa shape index (κ1) is 19.2. The molecule has 1 aliphatic rings. The molecule has 4 heteroatoms. The Labute approximate surface area is 171 Å². The second kappa shape index (κ2) is 8.10. The van der Waals surface area contributed by atoms with Crippen molar-refractivity contribution < 1.29 is 14.6 Å². The number of phenolic OH excluding ortho intramolecular Hbond substituents is 1. The second-order valence-corrected chi connectivity index (χ2v) is 7.47. The molecule has 1 heterocycles. The Bertz CT molecular complexity index is 932. The summed E-state index contributed by atoms with van der Waals surface area (Å²) in [5, 5.41) is 14.3. The molecule has 0 amide bonds. The average Bonchev–Trinajstić information content (AvgIpc) is 3.27. The van der Waals surface area contributed by atoms with Gasteiger partial charge in [-0.2, -0.15) is 0 Å². The highest BCUT2D eigenvalue weighted by Gasteiger charge is 2.49. The maximum atomic E-state index is 12.2. The third-order valence-electron chi connectivity index (χ3n) is 6.02. The number of hydrogen-bond acceptors (Lipinski definition) is 4. The van der Waals surface area contributed by atoms with Gasteiger partial charge in [0.2, 0.25) is 0 Å². The highest BCUT2D eigenvalue weighted by Crippen LogP contribution is 2.50. The molecule has 3 aromatic rings. The van der Waals surface area contributed by atoms with Crippen LogP contribution in [-0.2, 0) is 14.9 Å². The lowest BCUT2D eigenvalue weighted by Crippen LogP contribution is -2.39. The number of aromatic hydroxyl groups is 1. The number of rotatable bonds is 5. The molecular formula is C25H25NO3. The van der Waals surface area contributed by atoms with Gasteiger partial charge in [0.25, 0.3) is 0 Å². The van der Waals surface area contributed by atoms with Gasteiger partial charge in [0.1, 0.15) is 11.8 Å². The van der Waals surface area contributed by atoms with E-state index >= 15 is 0 Å². The van der Waals surface area contributed by atoms with Crippen molar-refractivity contribution in [2.24, 2.45) is 5.92 Å². The summed E-state index contributed by atoms with van der Waals surface area (Å²) in [4.78, 5) is 12.2. The number of hydrogen-bond donors (Lipinski definition) is 2. The Balaban J connectivity index is 1.98. The number of nitrogens with one attached hydrogen (secondary N) is 1. The molecule has 2 atom stereocenters. The summed E-state index contributed by atoms with van der Waals surface area (Å²) in [6.45, 7) is 0.637. The lowest BCUT2D eigenvalue weighted by Gasteiger charge is -2.41. The van der Waals surface area contributed by atoms with E-state index in [1.54, 1.807) is 6.07 Å². The quantitative estimate of drug-likeness (QED) is 0.515. The van der Waals surface area contributed by atoms with Gasteiger partial charge in [0, 0.05) is 12.1 Å². The van der Waals surface area contributed by atoms with Crippen molar-refractivity contribution in [3.63, 3.8) is 0 Å². The fraction of sp³-hybridized carbons (Fsp3) is 0.240. The third kappa shape index (κ3) is 3.30. The van der Waals surface area contributed by atoms with Crippen molar-refractivity contribution in [3.8, 4) is 5.75 Å². The van der Waals surface area contributed by atoms with Crippen LogP contribution in [0.25, 0.3) is 0 Å². The molecular weight excluding hydrogens is 362 g/mol. The summed E-state index contributed by atoms with van der Waals surface area (Å²) in [5.74, 6) is 0.0474. The number of carbonyl (C=O) groups is 1. The largest absolute Gasteiger partial charge is 0.508 e. The number of phenols is 1. The fourth-order valence-corrected chi connectivity index (χ4v) is 4.77. The van der Waals surface area contributed by atoms with E-state index in [4.69, 9.17) is 4.74 Å². The lowest BCUT2D eigenvalue weighted by atomic mass is 9.61. The summed E-state index contributed by atoms with van der Waals surface area (Å²) in [6, 6.07) is 27.6. The molecule has 4 rings (SSSR count). The van der Waals surface area contributed by atoms with Crippen molar-refractivity contribution >= 4 is 5.97 Å². The Morgan fingerprint density at radius 3 is 2.03 bits per heavy atom. The summed E-state index contributed by atoms with van der Waals surface area (Å²) >= 11 is 0. The van der Waals surface area contributed by atoms with Crippen LogP contribution >= 0.6 is 0 Å². The molecule has 3 aromatic carbocycles. The van der Waals surface area contributed by atoms with E-state index in [0.29, 0.717) is 13.0 Å². The third-order valence-corrected chi connectivity index (χ3v) is 6.02. The zero-order valence-electron chi connectivity index (χ0n) is 16.4. The topological polar surface area (TPSA) is 58.6 Å². The van der Waals surface area contributed by atoms with Crippen LogP contribution < -0.4 is 5.32 Å². The molecule has 1 fully saturated rings. The number of esters is 1. The molecule has 0 aliphatic carbocycles. The molecule has 1 saturated heterocycles. The van der Waals surface area contributed by atoms with Gasteiger partial charge in [0.05, 0.1) is 12.5 Å². The first-order valence-corrected chi connectivity index (χ1v) is 9.88. The predicted octanol–water partition coefficient (Wildman–Crippen LogP) is 3.88. The van der Waals surface area contributed by atoms with E-state index in [-0.39, 0.29) is 23.7 Å². The smallest absolute Gasteiger partial charge is 0.322 e. The van der Waals surface area contributed by atoms with E-state index in [1.807, 2.05) is 54.6 Å². The molecule has 0 radical (unpaired) electrons. The van der Waals surface area contributed by atoms with Crippen LogP contribution in [0.1, 0.15) is 23.1 Å². The molecule has 1 aliphatic heterocycles. The first-order chi connectivity index (χ1) is 14.2. The number of ether oxygens (including phenoxy) is 1. The molecule has 4 nitrogen and oxygen atoms in total. The standard InChI is InChI=1S/C25H25NO3/c1-29-24(28)22-16-20(17-26-22)25(18-10-4-2-5-11-18,19-12-6-3-7-13-19)21-14-8-9-15-23(21)27/h2-15,20,22,26-27H,16-17H2,1H3. The molecule has 0 spiro atoms. The normalized spacial score (nSPS) is 19.1. The number of benzene rings is 3. The van der Waals surface area contributed by atoms with E-state index < -0.39 is 5.41 Å². The summed E-state index contributed by atoms with van der Waals surface area (Å²) < 4.78 is 4.99. The van der Waals surface area contributed by atoms with Crippen LogP contribution in [0.5, 0.6) is 5.75 Å². The van der Waals surface area contributed by atoms with Crippen LogP contribution in [0.15, 0.2) is 84.9 Å². The molecule has 148 valence electrons. The SMILES string of the molecule is COC(=O)C1CC(C(c2ccccc2)(c2ccccc2)c2ccccc2O)CN1. The molecule has 0 bridgehead atoms. The van der Waals surface area contributed by atoms with Crippen molar-refractivity contribution in [3.05, 3.63) is 102 Å². The van der Waals surface area contributed by atoms with E-state index in [0.717, 1.165) is 16.7 Å². The first-order valence-electron chi connectivity index (χ1n) is 9.88. The Morgan fingerprint density at radius 1 is 0.931 bits per heavy atom. The van der Waals surface area contributed by atoms with Crippen molar-refractivity contribution in [2.75, 3.05) is 13.7 Å². The second-order valence-electron chi connectivity index (χ2n) is 7.47. The monoisotopic (exact) mass is 387 g/mol. The number of methoxy groups -OCH3 is 1. The lowest BCUT2D eigenvalue weighted by molar-refractivity contribution is -0.142. The Kier molecular flexibility index (Phi) is 5.36. The predicted molar refractivity (Wildman–Crippen MR) is 113 cm³/mol. The van der Waals surface area contributed by atoms with Gasteiger partial charge in [-0.05, 0) is 29.5 Å². The van der Waals surface area contributed by atoms with Crippen LogP contribution in [0, 0.1) is 5.92 Å². The van der Waals surface area contributed by atoms with Crippen molar-refractivity contribution in [2.45, 2.75) is 17.9 Å². The zero-order valence-corrected chi connectivity index (χ0v) is 16.4. The summed E-state index contributed by atoms with van der Waals surface area (Å²) in [5.41, 5.74) is 2.41. The molecule has 2 unspecified atom stereocenters. The van der Waals surface area contributed by atoms with Gasteiger partial charge in [-0.1, -0.05) is 78.9 Å². The van der Waals surface area contributed by atoms with E-state index in [2.05, 4.69) is 29.6 Å². The minimum atomic E-state index is -0.608. The van der Waals surface area contributed by atoms with Gasteiger partial charge < -0.3 is 15.2 Å². The average molecular weight is 387 g/mol. The fourth-order valence-electron chi connectivity index (χ4n) is 4.77. The maximum absolute atomic E-state index is 12.2. The van der Waals surface area contributed by atoms with Crippen LogP contribution in [0.4, 0.5) is 0 Å². The van der Waals surface area contributed by atoms with Gasteiger partial charge in [-0.3, -0.25) is 4.79 Å². The highest BCUT2D eigenvalue weighted by molar-refractivity contribution is 5.76. The summed E-state index contributed by atoms with van der Waals surface area (Å²) in [6.07, 6.45) is 0.616. The van der Waals surface area contributed by atoms with Crippen LogP contribution in [-0.4, -0.2) is 30.8 Å².